The van der Waals surface area contributed by atoms with E-state index >= 15 is 0 Å². The van der Waals surface area contributed by atoms with Gasteiger partial charge in [0, 0.05) is 26.0 Å². The molecule has 0 heterocycles. The Kier molecular flexibility index (Phi) is 10.3. The van der Waals surface area contributed by atoms with Crippen LogP contribution in [0.2, 0.25) is 0 Å². The van der Waals surface area contributed by atoms with Crippen molar-refractivity contribution in [3.05, 3.63) is 59.2 Å². The number of rotatable bonds is 14. The summed E-state index contributed by atoms with van der Waals surface area (Å²) in [7, 11) is 2.92. The van der Waals surface area contributed by atoms with E-state index in [1.165, 1.54) is 26.0 Å². The van der Waals surface area contributed by atoms with Gasteiger partial charge in [0.2, 0.25) is 0 Å². The number of hydrogen-bond donors (Lipinski definition) is 2. The van der Waals surface area contributed by atoms with Gasteiger partial charge in [-0.2, -0.15) is 0 Å². The van der Waals surface area contributed by atoms with E-state index in [9.17, 15) is 19.5 Å². The Hall–Kier alpha value is -3.63. The lowest BCUT2D eigenvalue weighted by Crippen LogP contribution is -2.66. The zero-order chi connectivity index (χ0) is 28.6. The number of nitrogens with one attached hydrogen (secondary N) is 1. The molecule has 0 aliphatic heterocycles. The topological polar surface area (TPSA) is 124 Å². The van der Waals surface area contributed by atoms with Crippen LogP contribution in [0.25, 0.3) is 0 Å². The van der Waals surface area contributed by atoms with E-state index in [-0.39, 0.29) is 37.9 Å². The number of carboxylic acids is 1. The van der Waals surface area contributed by atoms with E-state index in [2.05, 4.69) is 5.32 Å². The third-order valence-electron chi connectivity index (χ3n) is 6.99. The number of aliphatic carboxylic acids is 1. The summed E-state index contributed by atoms with van der Waals surface area (Å²) in [6.07, 6.45) is 0.145. The lowest BCUT2D eigenvalue weighted by Gasteiger charge is -2.45. The molecule has 2 amide bonds. The summed E-state index contributed by atoms with van der Waals surface area (Å²) in [6, 6.07) is 12.0. The van der Waals surface area contributed by atoms with Gasteiger partial charge in [-0.15, -0.1) is 0 Å². The molecule has 0 aromatic heterocycles. The zero-order valence-corrected chi connectivity index (χ0v) is 23.2. The summed E-state index contributed by atoms with van der Waals surface area (Å²) in [5, 5.41) is 12.7. The molecule has 0 spiro atoms. The Morgan fingerprint density at radius 3 is 2.23 bits per heavy atom. The number of carboxylic acid groups (broad SMARTS) is 1. The SMILES string of the molecule is CCO[C@H]1C[C@@](NC(=O)N(CCOCc2ccccc2)[C@H](C)c2cc(OC)c(C(C)=O)c(OC)c2)(C(=O)O)C1. The van der Waals surface area contributed by atoms with Crippen molar-refractivity contribution in [2.24, 2.45) is 0 Å². The summed E-state index contributed by atoms with van der Waals surface area (Å²) in [5.41, 5.74) is 0.543. The number of carbonyl (C=O) groups is 3. The molecule has 2 N–H and O–H groups in total. The Bertz CT molecular complexity index is 1120. The van der Waals surface area contributed by atoms with Crippen molar-refractivity contribution in [3.8, 4) is 11.5 Å². The van der Waals surface area contributed by atoms with E-state index in [1.54, 1.807) is 12.1 Å². The molecule has 10 heteroatoms. The first kappa shape index (κ1) is 29.9. The maximum atomic E-state index is 13.6. The van der Waals surface area contributed by atoms with Crippen molar-refractivity contribution in [2.75, 3.05) is 34.0 Å². The molecule has 3 rings (SSSR count). The minimum Gasteiger partial charge on any atom is -0.496 e. The lowest BCUT2D eigenvalue weighted by molar-refractivity contribution is -0.156. The molecule has 39 heavy (non-hydrogen) atoms. The number of methoxy groups -OCH3 is 2. The van der Waals surface area contributed by atoms with E-state index in [1.807, 2.05) is 44.2 Å². The highest BCUT2D eigenvalue weighted by Crippen LogP contribution is 2.37. The molecule has 1 atom stereocenters. The van der Waals surface area contributed by atoms with Crippen LogP contribution in [0.4, 0.5) is 4.79 Å². The van der Waals surface area contributed by atoms with E-state index < -0.39 is 23.6 Å². The summed E-state index contributed by atoms with van der Waals surface area (Å²) < 4.78 is 22.3. The normalized spacial score (nSPS) is 18.9. The fourth-order valence-electron chi connectivity index (χ4n) is 4.78. The molecular formula is C29H38N2O8. The first-order valence-electron chi connectivity index (χ1n) is 13.0. The van der Waals surface area contributed by atoms with Crippen LogP contribution in [0.5, 0.6) is 11.5 Å². The number of benzene rings is 2. The number of carbonyl (C=O) groups excluding carboxylic acids is 2. The largest absolute Gasteiger partial charge is 0.496 e. The third kappa shape index (κ3) is 7.07. The summed E-state index contributed by atoms with van der Waals surface area (Å²) in [5.74, 6) is -0.673. The summed E-state index contributed by atoms with van der Waals surface area (Å²) in [4.78, 5) is 39.5. The third-order valence-corrected chi connectivity index (χ3v) is 6.99. The maximum Gasteiger partial charge on any atom is 0.329 e. The van der Waals surface area contributed by atoms with Crippen molar-refractivity contribution in [1.29, 1.82) is 0 Å². The van der Waals surface area contributed by atoms with Gasteiger partial charge in [-0.3, -0.25) is 4.79 Å². The molecule has 0 unspecified atom stereocenters. The molecule has 1 saturated carbocycles. The summed E-state index contributed by atoms with van der Waals surface area (Å²) >= 11 is 0. The first-order valence-corrected chi connectivity index (χ1v) is 13.0. The molecule has 0 bridgehead atoms. The van der Waals surface area contributed by atoms with Gasteiger partial charge in [-0.05, 0) is 44.0 Å². The van der Waals surface area contributed by atoms with Gasteiger partial charge in [0.1, 0.15) is 22.6 Å². The predicted molar refractivity (Wildman–Crippen MR) is 144 cm³/mol. The van der Waals surface area contributed by atoms with Crippen LogP contribution in [0.1, 0.15) is 61.1 Å². The van der Waals surface area contributed by atoms with Crippen molar-refractivity contribution in [2.45, 2.75) is 57.9 Å². The van der Waals surface area contributed by atoms with Crippen LogP contribution in [0.15, 0.2) is 42.5 Å². The van der Waals surface area contributed by atoms with Gasteiger partial charge >= 0.3 is 12.0 Å². The average molecular weight is 543 g/mol. The quantitative estimate of drug-likeness (QED) is 0.269. The lowest BCUT2D eigenvalue weighted by atomic mass is 9.74. The predicted octanol–water partition coefficient (Wildman–Crippen LogP) is 4.22. The average Bonchev–Trinajstić information content (AvgIpc) is 2.90. The molecule has 2 aromatic carbocycles. The number of nitrogens with zero attached hydrogens (tertiary/aromatic N) is 1. The smallest absolute Gasteiger partial charge is 0.329 e. The van der Waals surface area contributed by atoms with Gasteiger partial charge in [-0.25, -0.2) is 9.59 Å². The number of Topliss-reactive ketones (excluding diaryl/α,β-unsaturated/α-hetero) is 1. The summed E-state index contributed by atoms with van der Waals surface area (Å²) in [6.45, 7) is 6.32. The highest BCUT2D eigenvalue weighted by atomic mass is 16.5. The van der Waals surface area contributed by atoms with Gasteiger partial charge < -0.3 is 34.3 Å². The molecule has 0 radical (unpaired) electrons. The molecular weight excluding hydrogens is 504 g/mol. The molecule has 10 nitrogen and oxygen atoms in total. The maximum absolute atomic E-state index is 13.6. The van der Waals surface area contributed by atoms with Crippen molar-refractivity contribution in [3.63, 3.8) is 0 Å². The second-order valence-corrected chi connectivity index (χ2v) is 9.57. The number of urea groups is 1. The minimum absolute atomic E-state index is 0.184. The minimum atomic E-state index is -1.41. The number of hydrogen-bond acceptors (Lipinski definition) is 7. The fourth-order valence-corrected chi connectivity index (χ4v) is 4.78. The van der Waals surface area contributed by atoms with Crippen LogP contribution in [0, 0.1) is 0 Å². The molecule has 0 saturated heterocycles. The highest BCUT2D eigenvalue weighted by Gasteiger charge is 2.53. The number of ether oxygens (including phenoxy) is 4. The van der Waals surface area contributed by atoms with Crippen molar-refractivity contribution >= 4 is 17.8 Å². The first-order chi connectivity index (χ1) is 18.7. The Morgan fingerprint density at radius 1 is 1.10 bits per heavy atom. The van der Waals surface area contributed by atoms with Crippen LogP contribution in [-0.4, -0.2) is 73.4 Å². The Morgan fingerprint density at radius 2 is 1.72 bits per heavy atom. The van der Waals surface area contributed by atoms with E-state index in [0.717, 1.165) is 5.56 Å². The Balaban J connectivity index is 1.85. The van der Waals surface area contributed by atoms with Crippen molar-refractivity contribution < 1.29 is 38.4 Å². The number of ketones is 1. The van der Waals surface area contributed by atoms with Crippen molar-refractivity contribution in [1.82, 2.24) is 10.2 Å². The number of amides is 2. The van der Waals surface area contributed by atoms with Crippen LogP contribution in [0.3, 0.4) is 0 Å². The van der Waals surface area contributed by atoms with Crippen LogP contribution in [-0.2, 0) is 20.9 Å². The van der Waals surface area contributed by atoms with Gasteiger partial charge in [0.15, 0.2) is 5.78 Å². The van der Waals surface area contributed by atoms with Crippen LogP contribution < -0.4 is 14.8 Å². The fraction of sp³-hybridized carbons (Fsp3) is 0.483. The van der Waals surface area contributed by atoms with Crippen LogP contribution >= 0.6 is 0 Å². The van der Waals surface area contributed by atoms with E-state index in [0.29, 0.717) is 35.8 Å². The standard InChI is InChI=1S/C29H38N2O8/c1-6-39-23-16-29(17-23,27(33)34)30-28(35)31(12-13-38-18-21-10-8-7-9-11-21)19(2)22-14-24(36-4)26(20(3)32)25(15-22)37-5/h7-11,14-15,19,23H,6,12-13,16-18H2,1-5H3,(H,30,35)(H,33,34)/t19-,23-,29-/m1/s1. The highest BCUT2D eigenvalue weighted by molar-refractivity contribution is 5.99. The molecule has 212 valence electrons. The molecule has 2 aromatic rings. The molecule has 1 aliphatic rings. The zero-order valence-electron chi connectivity index (χ0n) is 23.2. The van der Waals surface area contributed by atoms with E-state index in [4.69, 9.17) is 18.9 Å². The van der Waals surface area contributed by atoms with Gasteiger partial charge in [-0.1, -0.05) is 30.3 Å². The second-order valence-electron chi connectivity index (χ2n) is 9.57. The van der Waals surface area contributed by atoms with Gasteiger partial charge in [0.05, 0.1) is 39.6 Å². The second kappa shape index (κ2) is 13.4. The monoisotopic (exact) mass is 542 g/mol. The van der Waals surface area contributed by atoms with Gasteiger partial charge in [0.25, 0.3) is 0 Å². The molecule has 1 fully saturated rings. The molecule has 1 aliphatic carbocycles. The Labute approximate surface area is 229 Å².